The molecule has 1 aromatic rings. The number of hydrogen-bond acceptors (Lipinski definition) is 4. The summed E-state index contributed by atoms with van der Waals surface area (Å²) in [5, 5.41) is 9.13. The fourth-order valence-corrected chi connectivity index (χ4v) is 3.97. The van der Waals surface area contributed by atoms with Crippen molar-refractivity contribution in [1.82, 2.24) is 4.72 Å². The molecule has 8 heteroatoms. The molecule has 1 heterocycles. The third-order valence-electron chi connectivity index (χ3n) is 3.85. The zero-order chi connectivity index (χ0) is 17.4. The van der Waals surface area contributed by atoms with Gasteiger partial charge in [-0.05, 0) is 36.1 Å². The van der Waals surface area contributed by atoms with Gasteiger partial charge in [-0.3, -0.25) is 9.59 Å². The minimum absolute atomic E-state index is 0.00792. The molecule has 0 bridgehead atoms. The second kappa shape index (κ2) is 6.29. The van der Waals surface area contributed by atoms with Gasteiger partial charge in [-0.1, -0.05) is 13.8 Å². The van der Waals surface area contributed by atoms with Crippen LogP contribution in [0.4, 0.5) is 5.69 Å². The number of carbonyl (C=O) groups excluding carboxylic acids is 1. The summed E-state index contributed by atoms with van der Waals surface area (Å²) in [6, 6.07) is 3.28. The van der Waals surface area contributed by atoms with E-state index >= 15 is 0 Å². The van der Waals surface area contributed by atoms with E-state index in [1.165, 1.54) is 19.1 Å². The molecule has 1 aliphatic heterocycles. The van der Waals surface area contributed by atoms with Crippen LogP contribution in [0.15, 0.2) is 23.1 Å². The molecular weight excluding hydrogens is 320 g/mol. The monoisotopic (exact) mass is 340 g/mol. The molecule has 0 radical (unpaired) electrons. The fraction of sp³-hybridized carbons (Fsp3) is 0.467. The van der Waals surface area contributed by atoms with E-state index in [0.717, 1.165) is 5.56 Å². The number of rotatable bonds is 5. The average molecular weight is 340 g/mol. The Balaban J connectivity index is 2.32. The highest BCUT2D eigenvalue weighted by Gasteiger charge is 2.29. The summed E-state index contributed by atoms with van der Waals surface area (Å²) < 4.78 is 27.0. The van der Waals surface area contributed by atoms with Crippen molar-refractivity contribution in [3.05, 3.63) is 23.8 Å². The van der Waals surface area contributed by atoms with Crippen molar-refractivity contribution in [2.45, 2.75) is 38.1 Å². The lowest BCUT2D eigenvalue weighted by atomic mass is 10.1. The van der Waals surface area contributed by atoms with Gasteiger partial charge in [0.05, 0.1) is 4.90 Å². The Hall–Kier alpha value is -1.93. The van der Waals surface area contributed by atoms with Crippen LogP contribution >= 0.6 is 0 Å². The quantitative estimate of drug-likeness (QED) is 0.832. The third kappa shape index (κ3) is 3.53. The highest BCUT2D eigenvalue weighted by atomic mass is 32.2. The maximum absolute atomic E-state index is 12.4. The number of amides is 1. The lowest BCUT2D eigenvalue weighted by molar-refractivity contribution is -0.140. The van der Waals surface area contributed by atoms with Gasteiger partial charge in [-0.25, -0.2) is 8.42 Å². The van der Waals surface area contributed by atoms with E-state index in [-0.39, 0.29) is 16.7 Å². The normalized spacial score (nSPS) is 15.6. The maximum Gasteiger partial charge on any atom is 0.322 e. The van der Waals surface area contributed by atoms with E-state index in [2.05, 4.69) is 4.72 Å². The first-order chi connectivity index (χ1) is 10.6. The number of carboxylic acids is 1. The SMILES string of the molecule is CC(=O)N1CCc2cc(S(=O)(=O)N[C@@H](C(=O)O)C(C)C)ccc21. The fourth-order valence-electron chi connectivity index (χ4n) is 2.58. The number of aliphatic carboxylic acids is 1. The van der Waals surface area contributed by atoms with Gasteiger partial charge in [-0.15, -0.1) is 0 Å². The number of anilines is 1. The molecule has 0 saturated heterocycles. The van der Waals surface area contributed by atoms with Gasteiger partial charge in [0.1, 0.15) is 6.04 Å². The summed E-state index contributed by atoms with van der Waals surface area (Å²) in [7, 11) is -3.94. The van der Waals surface area contributed by atoms with Gasteiger partial charge in [-0.2, -0.15) is 4.72 Å². The average Bonchev–Trinajstić information content (AvgIpc) is 2.87. The molecule has 7 nitrogen and oxygen atoms in total. The molecule has 0 aliphatic carbocycles. The number of nitrogens with zero attached hydrogens (tertiary/aromatic N) is 1. The molecule has 1 atom stereocenters. The predicted molar refractivity (Wildman–Crippen MR) is 84.8 cm³/mol. The van der Waals surface area contributed by atoms with Crippen molar-refractivity contribution >= 4 is 27.6 Å². The molecule has 0 unspecified atom stereocenters. The highest BCUT2D eigenvalue weighted by molar-refractivity contribution is 7.89. The van der Waals surface area contributed by atoms with Crippen molar-refractivity contribution < 1.29 is 23.1 Å². The lowest BCUT2D eigenvalue weighted by Gasteiger charge is -2.19. The molecule has 0 spiro atoms. The van der Waals surface area contributed by atoms with Crippen LogP contribution in [0.2, 0.25) is 0 Å². The molecule has 2 N–H and O–H groups in total. The largest absolute Gasteiger partial charge is 0.480 e. The van der Waals surface area contributed by atoms with Crippen LogP contribution in [0, 0.1) is 5.92 Å². The smallest absolute Gasteiger partial charge is 0.322 e. The second-order valence-electron chi connectivity index (χ2n) is 5.89. The topological polar surface area (TPSA) is 104 Å². The Morgan fingerprint density at radius 3 is 2.48 bits per heavy atom. The van der Waals surface area contributed by atoms with E-state index in [1.54, 1.807) is 24.8 Å². The zero-order valence-electron chi connectivity index (χ0n) is 13.2. The van der Waals surface area contributed by atoms with Crippen molar-refractivity contribution in [3.8, 4) is 0 Å². The molecule has 1 aliphatic rings. The molecular formula is C15H20N2O5S. The van der Waals surface area contributed by atoms with E-state index in [4.69, 9.17) is 5.11 Å². The first-order valence-corrected chi connectivity index (χ1v) is 8.78. The number of hydrogen-bond donors (Lipinski definition) is 2. The first kappa shape index (κ1) is 17.4. The summed E-state index contributed by atoms with van der Waals surface area (Å²) in [4.78, 5) is 24.3. The van der Waals surface area contributed by atoms with Crippen LogP contribution in [0.5, 0.6) is 0 Å². The molecule has 0 aromatic heterocycles. The Bertz CT molecular complexity index is 742. The van der Waals surface area contributed by atoms with Crippen molar-refractivity contribution in [2.75, 3.05) is 11.4 Å². The highest BCUT2D eigenvalue weighted by Crippen LogP contribution is 2.30. The van der Waals surface area contributed by atoms with Gasteiger partial charge in [0.15, 0.2) is 0 Å². The lowest BCUT2D eigenvalue weighted by Crippen LogP contribution is -2.44. The van der Waals surface area contributed by atoms with Crippen LogP contribution in [-0.4, -0.2) is 38.0 Å². The number of carbonyl (C=O) groups is 2. The van der Waals surface area contributed by atoms with E-state index in [0.29, 0.717) is 18.7 Å². The minimum Gasteiger partial charge on any atom is -0.480 e. The number of nitrogens with one attached hydrogen (secondary N) is 1. The van der Waals surface area contributed by atoms with Gasteiger partial charge in [0, 0.05) is 19.2 Å². The number of benzene rings is 1. The summed E-state index contributed by atoms with van der Waals surface area (Å²) in [5.41, 5.74) is 1.47. The molecule has 1 amide bonds. The number of fused-ring (bicyclic) bond motifs is 1. The summed E-state index contributed by atoms with van der Waals surface area (Å²) >= 11 is 0. The first-order valence-electron chi connectivity index (χ1n) is 7.29. The molecule has 0 fully saturated rings. The third-order valence-corrected chi connectivity index (χ3v) is 5.29. The van der Waals surface area contributed by atoms with Gasteiger partial charge < -0.3 is 10.0 Å². The summed E-state index contributed by atoms with van der Waals surface area (Å²) in [6.07, 6.45) is 0.574. The van der Waals surface area contributed by atoms with Crippen LogP contribution < -0.4 is 9.62 Å². The molecule has 0 saturated carbocycles. The molecule has 1 aromatic carbocycles. The Morgan fingerprint density at radius 2 is 1.96 bits per heavy atom. The minimum atomic E-state index is -3.94. The standard InChI is InChI=1S/C15H20N2O5S/c1-9(2)14(15(19)20)16-23(21,22)12-4-5-13-11(8-12)6-7-17(13)10(3)18/h4-5,8-9,14,16H,6-7H2,1-3H3,(H,19,20)/t14-/m1/s1. The van der Waals surface area contributed by atoms with E-state index < -0.39 is 22.0 Å². The zero-order valence-corrected chi connectivity index (χ0v) is 14.1. The molecule has 23 heavy (non-hydrogen) atoms. The molecule has 2 rings (SSSR count). The summed E-state index contributed by atoms with van der Waals surface area (Å²) in [6.45, 7) is 5.25. The van der Waals surface area contributed by atoms with Crippen molar-refractivity contribution in [1.29, 1.82) is 0 Å². The predicted octanol–water partition coefficient (Wildman–Crippen LogP) is 0.983. The number of carboxylic acid groups (broad SMARTS) is 1. The van der Waals surface area contributed by atoms with Gasteiger partial charge in [0.25, 0.3) is 0 Å². The maximum atomic E-state index is 12.4. The Morgan fingerprint density at radius 1 is 1.30 bits per heavy atom. The Kier molecular flexibility index (Phi) is 4.76. The van der Waals surface area contributed by atoms with Crippen LogP contribution in [0.25, 0.3) is 0 Å². The van der Waals surface area contributed by atoms with Crippen LogP contribution in [0.1, 0.15) is 26.3 Å². The number of sulfonamides is 1. The van der Waals surface area contributed by atoms with Crippen molar-refractivity contribution in [3.63, 3.8) is 0 Å². The van der Waals surface area contributed by atoms with Crippen LogP contribution in [0.3, 0.4) is 0 Å². The van der Waals surface area contributed by atoms with Gasteiger partial charge in [0.2, 0.25) is 15.9 Å². The van der Waals surface area contributed by atoms with E-state index in [9.17, 15) is 18.0 Å². The second-order valence-corrected chi connectivity index (χ2v) is 7.61. The van der Waals surface area contributed by atoms with Gasteiger partial charge >= 0.3 is 5.97 Å². The summed E-state index contributed by atoms with van der Waals surface area (Å²) in [5.74, 6) is -1.69. The van der Waals surface area contributed by atoms with Crippen molar-refractivity contribution in [2.24, 2.45) is 5.92 Å². The van der Waals surface area contributed by atoms with Crippen LogP contribution in [-0.2, 0) is 26.0 Å². The van der Waals surface area contributed by atoms with E-state index in [1.807, 2.05) is 0 Å². The Labute approximate surface area is 135 Å². The molecule has 126 valence electrons.